The number of hydrogen-bond donors (Lipinski definition) is 2. The van der Waals surface area contributed by atoms with Gasteiger partial charge in [0.15, 0.2) is 0 Å². The number of phenols is 1. The lowest BCUT2D eigenvalue weighted by Gasteiger charge is -2.04. The van der Waals surface area contributed by atoms with E-state index >= 15 is 0 Å². The highest BCUT2D eigenvalue weighted by molar-refractivity contribution is 8.14. The van der Waals surface area contributed by atoms with Gasteiger partial charge >= 0.3 is 0 Å². The van der Waals surface area contributed by atoms with Crippen molar-refractivity contribution >= 4 is 32.4 Å². The SMILES string of the molecule is N#Cc1c(O)ccc(S)c1S(=O)(=O)Cl. The summed E-state index contributed by atoms with van der Waals surface area (Å²) in [5.74, 6) is -0.440. The second-order valence-electron chi connectivity index (χ2n) is 2.36. The Hall–Kier alpha value is -0.900. The molecule has 0 bridgehead atoms. The van der Waals surface area contributed by atoms with Crippen LogP contribution in [0.5, 0.6) is 5.75 Å². The average Bonchev–Trinajstić information content (AvgIpc) is 2.06. The molecule has 0 saturated carbocycles. The minimum atomic E-state index is -4.09. The summed E-state index contributed by atoms with van der Waals surface area (Å²) in [6, 6.07) is 3.97. The van der Waals surface area contributed by atoms with Crippen LogP contribution in [-0.4, -0.2) is 13.5 Å². The summed E-state index contributed by atoms with van der Waals surface area (Å²) in [7, 11) is 0.995. The molecule has 1 rings (SSSR count). The van der Waals surface area contributed by atoms with Crippen molar-refractivity contribution in [2.45, 2.75) is 9.79 Å². The maximum Gasteiger partial charge on any atom is 0.263 e. The van der Waals surface area contributed by atoms with E-state index < -0.39 is 25.3 Å². The molecule has 0 spiro atoms. The number of halogens is 1. The van der Waals surface area contributed by atoms with Gasteiger partial charge in [-0.05, 0) is 12.1 Å². The number of hydrogen-bond acceptors (Lipinski definition) is 5. The van der Waals surface area contributed by atoms with Crippen LogP contribution < -0.4 is 0 Å². The fourth-order valence-electron chi connectivity index (χ4n) is 0.916. The number of rotatable bonds is 1. The summed E-state index contributed by atoms with van der Waals surface area (Å²) in [5, 5.41) is 17.8. The highest BCUT2D eigenvalue weighted by atomic mass is 35.7. The van der Waals surface area contributed by atoms with Gasteiger partial charge in [0.1, 0.15) is 22.3 Å². The van der Waals surface area contributed by atoms with E-state index in [4.69, 9.17) is 15.9 Å². The van der Waals surface area contributed by atoms with E-state index in [2.05, 4.69) is 12.6 Å². The molecule has 0 aliphatic rings. The number of aromatic hydroxyl groups is 1. The van der Waals surface area contributed by atoms with Gasteiger partial charge < -0.3 is 5.11 Å². The molecule has 0 aromatic heterocycles. The minimum absolute atomic E-state index is 0.0225. The average molecular weight is 250 g/mol. The molecule has 14 heavy (non-hydrogen) atoms. The van der Waals surface area contributed by atoms with E-state index in [9.17, 15) is 13.5 Å². The van der Waals surface area contributed by atoms with Crippen molar-refractivity contribution in [1.29, 1.82) is 5.26 Å². The van der Waals surface area contributed by atoms with E-state index in [0.29, 0.717) is 0 Å². The third-order valence-corrected chi connectivity index (χ3v) is 3.37. The van der Waals surface area contributed by atoms with Crippen LogP contribution in [0.25, 0.3) is 0 Å². The molecule has 4 nitrogen and oxygen atoms in total. The van der Waals surface area contributed by atoms with Crippen LogP contribution in [0.1, 0.15) is 5.56 Å². The number of phenolic OH excluding ortho intramolecular Hbond substituents is 1. The van der Waals surface area contributed by atoms with Crippen LogP contribution in [0, 0.1) is 11.3 Å². The van der Waals surface area contributed by atoms with Gasteiger partial charge in [0.05, 0.1) is 0 Å². The third-order valence-electron chi connectivity index (χ3n) is 1.47. The molecular formula is C7H4ClNO3S2. The largest absolute Gasteiger partial charge is 0.507 e. The van der Waals surface area contributed by atoms with E-state index in [1.54, 1.807) is 6.07 Å². The third kappa shape index (κ3) is 1.95. The molecule has 0 atom stereocenters. The topological polar surface area (TPSA) is 78.2 Å². The van der Waals surface area contributed by atoms with Crippen molar-refractivity contribution in [3.8, 4) is 11.8 Å². The van der Waals surface area contributed by atoms with Crippen molar-refractivity contribution < 1.29 is 13.5 Å². The molecule has 74 valence electrons. The molecule has 1 aromatic carbocycles. The van der Waals surface area contributed by atoms with E-state index in [-0.39, 0.29) is 4.90 Å². The Kier molecular flexibility index (Phi) is 2.95. The van der Waals surface area contributed by atoms with Gasteiger partial charge in [-0.1, -0.05) is 0 Å². The monoisotopic (exact) mass is 249 g/mol. The normalized spacial score (nSPS) is 10.9. The highest BCUT2D eigenvalue weighted by Crippen LogP contribution is 2.32. The van der Waals surface area contributed by atoms with Crippen LogP contribution in [0.4, 0.5) is 0 Å². The predicted octanol–water partition coefficient (Wildman–Crippen LogP) is 1.48. The zero-order chi connectivity index (χ0) is 10.9. The molecule has 0 saturated heterocycles. The first kappa shape index (κ1) is 11.2. The fourth-order valence-corrected chi connectivity index (χ4v) is 2.82. The van der Waals surface area contributed by atoms with Crippen LogP contribution >= 0.6 is 23.3 Å². The molecule has 0 heterocycles. The Morgan fingerprint density at radius 1 is 1.50 bits per heavy atom. The molecule has 1 N–H and O–H groups in total. The molecule has 0 radical (unpaired) electrons. The summed E-state index contributed by atoms with van der Waals surface area (Å²) in [5.41, 5.74) is -0.396. The van der Waals surface area contributed by atoms with Crippen molar-refractivity contribution in [2.24, 2.45) is 0 Å². The first-order valence-corrected chi connectivity index (χ1v) is 6.03. The first-order valence-electron chi connectivity index (χ1n) is 3.27. The lowest BCUT2D eigenvalue weighted by molar-refractivity contribution is 0.470. The Morgan fingerprint density at radius 3 is 2.43 bits per heavy atom. The minimum Gasteiger partial charge on any atom is -0.507 e. The Bertz CT molecular complexity index is 518. The lowest BCUT2D eigenvalue weighted by Crippen LogP contribution is -1.97. The van der Waals surface area contributed by atoms with Crippen LogP contribution in [0.2, 0.25) is 0 Å². The zero-order valence-electron chi connectivity index (χ0n) is 6.60. The number of thiol groups is 1. The van der Waals surface area contributed by atoms with Gasteiger partial charge in [-0.25, -0.2) is 8.42 Å². The second-order valence-corrected chi connectivity index (χ2v) is 5.34. The predicted molar refractivity (Wildman–Crippen MR) is 53.1 cm³/mol. The summed E-state index contributed by atoms with van der Waals surface area (Å²) >= 11 is 3.84. The first-order chi connectivity index (χ1) is 6.38. The van der Waals surface area contributed by atoms with Gasteiger partial charge in [-0.2, -0.15) is 5.26 Å². The second kappa shape index (κ2) is 3.69. The van der Waals surface area contributed by atoms with Crippen LogP contribution in [0.3, 0.4) is 0 Å². The Morgan fingerprint density at radius 2 is 2.07 bits per heavy atom. The van der Waals surface area contributed by atoms with Gasteiger partial charge in [0.2, 0.25) is 0 Å². The Labute approximate surface area is 90.6 Å². The Balaban J connectivity index is 3.74. The fraction of sp³-hybridized carbons (Fsp3) is 0. The van der Waals surface area contributed by atoms with Crippen LogP contribution in [0.15, 0.2) is 21.9 Å². The molecule has 0 aliphatic carbocycles. The highest BCUT2D eigenvalue weighted by Gasteiger charge is 2.21. The van der Waals surface area contributed by atoms with E-state index in [1.165, 1.54) is 12.1 Å². The van der Waals surface area contributed by atoms with E-state index in [0.717, 1.165) is 0 Å². The van der Waals surface area contributed by atoms with Gasteiger partial charge in [-0.15, -0.1) is 12.6 Å². The summed E-state index contributed by atoms with van der Waals surface area (Å²) in [6.45, 7) is 0. The summed E-state index contributed by atoms with van der Waals surface area (Å²) in [6.07, 6.45) is 0. The smallest absolute Gasteiger partial charge is 0.263 e. The molecule has 0 fully saturated rings. The number of benzene rings is 1. The van der Waals surface area contributed by atoms with Crippen molar-refractivity contribution in [3.05, 3.63) is 17.7 Å². The zero-order valence-corrected chi connectivity index (χ0v) is 9.07. The van der Waals surface area contributed by atoms with Crippen molar-refractivity contribution in [1.82, 2.24) is 0 Å². The maximum atomic E-state index is 11.0. The standard InChI is InChI=1S/C7H4ClNO3S2/c8-14(11,12)7-4(3-9)5(10)1-2-6(7)13/h1-2,10,13H. The maximum absolute atomic E-state index is 11.0. The molecule has 1 aromatic rings. The van der Waals surface area contributed by atoms with E-state index in [1.807, 2.05) is 0 Å². The number of nitrogens with zero attached hydrogens (tertiary/aromatic N) is 1. The van der Waals surface area contributed by atoms with Crippen LogP contribution in [-0.2, 0) is 9.05 Å². The molecular weight excluding hydrogens is 246 g/mol. The van der Waals surface area contributed by atoms with Gasteiger partial charge in [0, 0.05) is 15.6 Å². The van der Waals surface area contributed by atoms with Gasteiger partial charge in [0.25, 0.3) is 9.05 Å². The number of nitriles is 1. The molecule has 0 aliphatic heterocycles. The summed E-state index contributed by atoms with van der Waals surface area (Å²) < 4.78 is 22.1. The molecule has 7 heteroatoms. The van der Waals surface area contributed by atoms with Crippen molar-refractivity contribution in [2.75, 3.05) is 0 Å². The molecule has 0 amide bonds. The lowest BCUT2D eigenvalue weighted by atomic mass is 10.2. The van der Waals surface area contributed by atoms with Gasteiger partial charge in [-0.3, -0.25) is 0 Å². The quantitative estimate of drug-likeness (QED) is 0.584. The molecule has 0 unspecified atom stereocenters. The summed E-state index contributed by atoms with van der Waals surface area (Å²) in [4.78, 5) is -0.445. The van der Waals surface area contributed by atoms with Crippen molar-refractivity contribution in [3.63, 3.8) is 0 Å².